The van der Waals surface area contributed by atoms with Gasteiger partial charge >= 0.3 is 0 Å². The monoisotopic (exact) mass is 219 g/mol. The fraction of sp³-hybridized carbons (Fsp3) is 1.00. The van der Waals surface area contributed by atoms with Crippen LogP contribution in [-0.4, -0.2) is 36.8 Å². The lowest BCUT2D eigenvalue weighted by Crippen LogP contribution is -2.16. The van der Waals surface area contributed by atoms with Crippen molar-refractivity contribution in [3.8, 4) is 0 Å². The van der Waals surface area contributed by atoms with Gasteiger partial charge in [0.25, 0.3) is 0 Å². The minimum absolute atomic E-state index is 0.342. The Balaban J connectivity index is 2.78. The number of thioether (sulfide) groups is 1. The molecule has 0 aromatic heterocycles. The highest BCUT2D eigenvalue weighted by molar-refractivity contribution is 7.98. The number of hydrogen-bond donors (Lipinski definition) is 2. The van der Waals surface area contributed by atoms with Crippen molar-refractivity contribution in [3.05, 3.63) is 0 Å². The van der Waals surface area contributed by atoms with E-state index in [9.17, 15) is 0 Å². The van der Waals surface area contributed by atoms with Crippen molar-refractivity contribution in [3.63, 3.8) is 0 Å². The molecule has 0 radical (unpaired) electrons. The number of aliphatic hydroxyl groups is 1. The van der Waals surface area contributed by atoms with Gasteiger partial charge in [-0.15, -0.1) is 0 Å². The van der Waals surface area contributed by atoms with Crippen molar-refractivity contribution in [1.82, 2.24) is 5.32 Å². The highest BCUT2D eigenvalue weighted by atomic mass is 32.2. The van der Waals surface area contributed by atoms with E-state index >= 15 is 0 Å². The lowest BCUT2D eigenvalue weighted by Gasteiger charge is -2.03. The largest absolute Gasteiger partial charge is 0.396 e. The van der Waals surface area contributed by atoms with E-state index in [1.54, 1.807) is 0 Å². The molecule has 0 heterocycles. The maximum atomic E-state index is 8.57. The van der Waals surface area contributed by atoms with Gasteiger partial charge in [0.2, 0.25) is 0 Å². The zero-order valence-electron chi connectivity index (χ0n) is 9.43. The second kappa shape index (κ2) is 13.3. The van der Waals surface area contributed by atoms with E-state index in [0.29, 0.717) is 6.61 Å². The number of rotatable bonds is 11. The summed E-state index contributed by atoms with van der Waals surface area (Å²) >= 11 is 1.93. The Bertz CT molecular complexity index is 89.3. The topological polar surface area (TPSA) is 32.3 Å². The molecule has 0 aromatic carbocycles. The minimum Gasteiger partial charge on any atom is -0.396 e. The average Bonchev–Trinajstić information content (AvgIpc) is 2.21. The molecular formula is C11H25NOS. The van der Waals surface area contributed by atoms with Gasteiger partial charge in [-0.05, 0) is 57.2 Å². The van der Waals surface area contributed by atoms with E-state index in [2.05, 4.69) is 11.6 Å². The van der Waals surface area contributed by atoms with E-state index in [4.69, 9.17) is 5.11 Å². The van der Waals surface area contributed by atoms with Gasteiger partial charge < -0.3 is 10.4 Å². The Morgan fingerprint density at radius 1 is 0.929 bits per heavy atom. The lowest BCUT2D eigenvalue weighted by molar-refractivity contribution is 0.283. The van der Waals surface area contributed by atoms with Gasteiger partial charge in [-0.3, -0.25) is 0 Å². The maximum Gasteiger partial charge on any atom is 0.0431 e. The molecule has 0 atom stereocenters. The molecule has 0 spiro atoms. The normalized spacial score (nSPS) is 10.7. The number of aliphatic hydroxyl groups excluding tert-OH is 1. The molecule has 0 aliphatic carbocycles. The van der Waals surface area contributed by atoms with Crippen LogP contribution in [0.15, 0.2) is 0 Å². The van der Waals surface area contributed by atoms with Crippen LogP contribution in [-0.2, 0) is 0 Å². The van der Waals surface area contributed by atoms with E-state index in [1.165, 1.54) is 31.4 Å². The fourth-order valence-corrected chi connectivity index (χ4v) is 1.83. The number of unbranched alkanes of at least 4 members (excludes halogenated alkanes) is 4. The van der Waals surface area contributed by atoms with Gasteiger partial charge in [0, 0.05) is 6.61 Å². The van der Waals surface area contributed by atoms with Gasteiger partial charge in [-0.25, -0.2) is 0 Å². The second-order valence-corrected chi connectivity index (χ2v) is 4.57. The summed E-state index contributed by atoms with van der Waals surface area (Å²) < 4.78 is 0. The predicted molar refractivity (Wildman–Crippen MR) is 66.0 cm³/mol. The van der Waals surface area contributed by atoms with Crippen molar-refractivity contribution >= 4 is 11.8 Å². The molecule has 0 aliphatic rings. The molecule has 0 unspecified atom stereocenters. The standard InChI is InChI=1S/C11H25NOS/c1-14-11-7-3-5-9-12-8-4-2-6-10-13/h12-13H,2-11H2,1H3. The van der Waals surface area contributed by atoms with Gasteiger partial charge in [0.05, 0.1) is 0 Å². The molecule has 14 heavy (non-hydrogen) atoms. The van der Waals surface area contributed by atoms with E-state index in [0.717, 1.165) is 25.9 Å². The van der Waals surface area contributed by atoms with E-state index in [-0.39, 0.29) is 0 Å². The third-order valence-electron chi connectivity index (χ3n) is 2.21. The summed E-state index contributed by atoms with van der Waals surface area (Å²) in [5, 5.41) is 12.0. The SMILES string of the molecule is CSCCCCCNCCCCCO. The van der Waals surface area contributed by atoms with Crippen LogP contribution < -0.4 is 5.32 Å². The van der Waals surface area contributed by atoms with Crippen molar-refractivity contribution in [1.29, 1.82) is 0 Å². The zero-order chi connectivity index (χ0) is 10.5. The van der Waals surface area contributed by atoms with Crippen LogP contribution in [0.2, 0.25) is 0 Å². The first kappa shape index (κ1) is 14.3. The smallest absolute Gasteiger partial charge is 0.0431 e. The van der Waals surface area contributed by atoms with E-state index in [1.807, 2.05) is 11.8 Å². The molecule has 0 aliphatic heterocycles. The highest BCUT2D eigenvalue weighted by Crippen LogP contribution is 2.01. The molecule has 0 saturated carbocycles. The average molecular weight is 219 g/mol. The Morgan fingerprint density at radius 3 is 2.14 bits per heavy atom. The quantitative estimate of drug-likeness (QED) is 0.523. The van der Waals surface area contributed by atoms with Gasteiger partial charge in [0.1, 0.15) is 0 Å². The molecule has 0 fully saturated rings. The first-order chi connectivity index (χ1) is 6.91. The third-order valence-corrected chi connectivity index (χ3v) is 2.91. The molecule has 3 heteroatoms. The van der Waals surface area contributed by atoms with Crippen LogP contribution in [0.3, 0.4) is 0 Å². The van der Waals surface area contributed by atoms with Crippen molar-refractivity contribution < 1.29 is 5.11 Å². The summed E-state index contributed by atoms with van der Waals surface area (Å²) in [5.74, 6) is 1.30. The van der Waals surface area contributed by atoms with Crippen LogP contribution in [0.5, 0.6) is 0 Å². The third kappa shape index (κ3) is 12.3. The van der Waals surface area contributed by atoms with Gasteiger partial charge in [-0.1, -0.05) is 6.42 Å². The van der Waals surface area contributed by atoms with Crippen LogP contribution in [0.4, 0.5) is 0 Å². The summed E-state index contributed by atoms with van der Waals surface area (Å²) in [7, 11) is 0. The first-order valence-electron chi connectivity index (χ1n) is 5.72. The van der Waals surface area contributed by atoms with Crippen LogP contribution in [0.1, 0.15) is 38.5 Å². The van der Waals surface area contributed by atoms with Crippen LogP contribution >= 0.6 is 11.8 Å². The van der Waals surface area contributed by atoms with E-state index < -0.39 is 0 Å². The van der Waals surface area contributed by atoms with Crippen molar-refractivity contribution in [2.75, 3.05) is 31.7 Å². The van der Waals surface area contributed by atoms with Crippen molar-refractivity contribution in [2.24, 2.45) is 0 Å². The van der Waals surface area contributed by atoms with Crippen molar-refractivity contribution in [2.45, 2.75) is 38.5 Å². The maximum absolute atomic E-state index is 8.57. The summed E-state index contributed by atoms with van der Waals surface area (Å²) in [4.78, 5) is 0. The summed E-state index contributed by atoms with van der Waals surface area (Å²) in [6.45, 7) is 2.62. The molecule has 0 aromatic rings. The minimum atomic E-state index is 0.342. The van der Waals surface area contributed by atoms with Gasteiger partial charge in [0.15, 0.2) is 0 Å². The second-order valence-electron chi connectivity index (χ2n) is 3.59. The van der Waals surface area contributed by atoms with Crippen LogP contribution in [0, 0.1) is 0 Å². The Kier molecular flexibility index (Phi) is 13.5. The summed E-state index contributed by atoms with van der Waals surface area (Å²) in [5.41, 5.74) is 0. The van der Waals surface area contributed by atoms with Crippen LogP contribution in [0.25, 0.3) is 0 Å². The zero-order valence-corrected chi connectivity index (χ0v) is 10.2. The number of nitrogens with one attached hydrogen (secondary N) is 1. The first-order valence-corrected chi connectivity index (χ1v) is 7.11. The summed E-state index contributed by atoms with van der Waals surface area (Å²) in [6, 6.07) is 0. The Labute approximate surface area is 92.9 Å². The lowest BCUT2D eigenvalue weighted by atomic mass is 10.2. The molecule has 0 saturated heterocycles. The highest BCUT2D eigenvalue weighted by Gasteiger charge is 1.90. The Morgan fingerprint density at radius 2 is 1.57 bits per heavy atom. The fourth-order valence-electron chi connectivity index (χ4n) is 1.34. The van der Waals surface area contributed by atoms with Gasteiger partial charge in [-0.2, -0.15) is 11.8 Å². The predicted octanol–water partition coefficient (Wildman–Crippen LogP) is 2.27. The molecule has 2 nitrogen and oxygen atoms in total. The Hall–Kier alpha value is 0.270. The molecule has 2 N–H and O–H groups in total. The molecule has 86 valence electrons. The summed E-state index contributed by atoms with van der Waals surface area (Å²) in [6.07, 6.45) is 9.48. The number of hydrogen-bond acceptors (Lipinski definition) is 3. The molecule has 0 amide bonds. The molecule has 0 bridgehead atoms. The molecule has 0 rings (SSSR count). The molecular weight excluding hydrogens is 194 g/mol.